The molecule has 0 aliphatic rings. The van der Waals surface area contributed by atoms with Crippen LogP contribution in [-0.2, 0) is 21.8 Å². The van der Waals surface area contributed by atoms with Crippen molar-refractivity contribution in [3.63, 3.8) is 0 Å². The van der Waals surface area contributed by atoms with Crippen LogP contribution in [0.15, 0.2) is 0 Å². The second kappa shape index (κ2) is 14.0. The highest BCUT2D eigenvalue weighted by molar-refractivity contribution is 6.89. The smallest absolute Gasteiger partial charge is 0.312 e. The third kappa shape index (κ3) is 18.6. The van der Waals surface area contributed by atoms with Gasteiger partial charge in [-0.25, -0.2) is 0 Å². The van der Waals surface area contributed by atoms with Gasteiger partial charge in [-0.05, 0) is 77.3 Å². The molecule has 0 aromatic heterocycles. The minimum atomic E-state index is -2.40. The van der Waals surface area contributed by atoms with Crippen LogP contribution in [0.4, 0.5) is 0 Å². The van der Waals surface area contributed by atoms with Gasteiger partial charge in [0, 0.05) is 13.2 Å². The normalized spacial score (nSPS) is 14.1. The average Bonchev–Trinajstić information content (AvgIpc) is 2.49. The van der Waals surface area contributed by atoms with Gasteiger partial charge in [-0.1, -0.05) is 0 Å². The zero-order chi connectivity index (χ0) is 24.3. The molecule has 0 unspecified atom stereocenters. The highest BCUT2D eigenvalue weighted by atomic mass is 28.5. The van der Waals surface area contributed by atoms with Gasteiger partial charge in [0.1, 0.15) is 0 Å². The Labute approximate surface area is 192 Å². The molecular formula is C18H46O9Si4. The molecule has 0 fully saturated rings. The van der Waals surface area contributed by atoms with Gasteiger partial charge in [-0.15, -0.1) is 0 Å². The van der Waals surface area contributed by atoms with Gasteiger partial charge in [0.15, 0.2) is 29.2 Å². The van der Waals surface area contributed by atoms with E-state index in [4.69, 9.17) is 42.2 Å². The van der Waals surface area contributed by atoms with Crippen LogP contribution < -0.4 is 0 Å². The average molecular weight is 519 g/mol. The van der Waals surface area contributed by atoms with Gasteiger partial charge in [-0.3, -0.25) is 0 Å². The van der Waals surface area contributed by atoms with Crippen molar-refractivity contribution in [2.75, 3.05) is 26.4 Å². The molecular weight excluding hydrogens is 473 g/mol. The molecule has 188 valence electrons. The largest absolute Gasteiger partial charge is 0.436 e. The molecule has 0 aliphatic carbocycles. The maximum absolute atomic E-state index is 8.82. The Morgan fingerprint density at radius 2 is 0.871 bits per heavy atom. The molecule has 31 heavy (non-hydrogen) atoms. The van der Waals surface area contributed by atoms with E-state index in [0.29, 0.717) is 13.2 Å². The molecule has 0 spiro atoms. The van der Waals surface area contributed by atoms with Crippen LogP contribution in [0.5, 0.6) is 0 Å². The zero-order valence-electron chi connectivity index (χ0n) is 20.6. The summed E-state index contributed by atoms with van der Waals surface area (Å²) in [7, 11) is -8.72. The summed E-state index contributed by atoms with van der Waals surface area (Å²) in [5.74, 6) is 0. The van der Waals surface area contributed by atoms with E-state index in [2.05, 4.69) is 52.4 Å². The minimum absolute atomic E-state index is 0.0709. The number of hydrogen-bond acceptors (Lipinski definition) is 9. The van der Waals surface area contributed by atoms with Crippen LogP contribution in [0, 0.1) is 0 Å². The van der Waals surface area contributed by atoms with Crippen molar-refractivity contribution in [3.05, 3.63) is 0 Å². The van der Waals surface area contributed by atoms with Crippen LogP contribution >= 0.6 is 0 Å². The van der Waals surface area contributed by atoms with E-state index in [-0.39, 0.29) is 13.2 Å². The summed E-state index contributed by atoms with van der Waals surface area (Å²) >= 11 is 0. The molecule has 0 amide bonds. The second-order valence-corrected chi connectivity index (χ2v) is 26.0. The molecule has 0 saturated heterocycles. The van der Waals surface area contributed by atoms with Crippen molar-refractivity contribution in [1.29, 1.82) is 0 Å². The van der Waals surface area contributed by atoms with E-state index in [1.807, 2.05) is 0 Å². The number of ether oxygens (including phenoxy) is 2. The van der Waals surface area contributed by atoms with Crippen molar-refractivity contribution in [3.8, 4) is 0 Å². The Hall–Kier alpha value is 0.508. The first-order valence-corrected chi connectivity index (χ1v) is 22.8. The van der Waals surface area contributed by atoms with Gasteiger partial charge < -0.3 is 42.2 Å². The van der Waals surface area contributed by atoms with Crippen molar-refractivity contribution in [2.45, 2.75) is 89.9 Å². The Kier molecular flexibility index (Phi) is 14.3. The van der Waals surface area contributed by atoms with Gasteiger partial charge in [0.2, 0.25) is 0 Å². The van der Waals surface area contributed by atoms with E-state index in [0.717, 1.165) is 24.9 Å². The first kappa shape index (κ1) is 31.5. The third-order valence-corrected chi connectivity index (χ3v) is 19.6. The monoisotopic (exact) mass is 518 g/mol. The Balaban J connectivity index is 4.52. The van der Waals surface area contributed by atoms with E-state index in [1.54, 1.807) is 0 Å². The minimum Gasteiger partial charge on any atom is -0.436 e. The van der Waals surface area contributed by atoms with Crippen LogP contribution in [0.2, 0.25) is 64.5 Å². The lowest BCUT2D eigenvalue weighted by Crippen LogP contribution is -2.56. The summed E-state index contributed by atoms with van der Waals surface area (Å²) in [4.78, 5) is 0. The van der Waals surface area contributed by atoms with Crippen LogP contribution in [0.3, 0.4) is 0 Å². The molecule has 4 N–H and O–H groups in total. The summed E-state index contributed by atoms with van der Waals surface area (Å²) in [5, 5.41) is 35.3. The van der Waals surface area contributed by atoms with E-state index >= 15 is 0 Å². The van der Waals surface area contributed by atoms with Crippen LogP contribution in [0.1, 0.15) is 12.8 Å². The lowest BCUT2D eigenvalue weighted by molar-refractivity contribution is -0.0947. The molecule has 0 heterocycles. The van der Waals surface area contributed by atoms with Crippen molar-refractivity contribution in [1.82, 2.24) is 0 Å². The van der Waals surface area contributed by atoms with E-state index in [1.165, 1.54) is 0 Å². The van der Waals surface area contributed by atoms with Gasteiger partial charge in [0.25, 0.3) is 0 Å². The Morgan fingerprint density at radius 3 is 1.16 bits per heavy atom. The number of aliphatic hydroxyl groups is 4. The number of aliphatic hydroxyl groups excluding tert-OH is 2. The predicted molar refractivity (Wildman–Crippen MR) is 130 cm³/mol. The van der Waals surface area contributed by atoms with E-state index < -0.39 is 46.3 Å². The summed E-state index contributed by atoms with van der Waals surface area (Å²) in [6, 6.07) is 1.81. The zero-order valence-corrected chi connectivity index (χ0v) is 24.6. The summed E-state index contributed by atoms with van der Waals surface area (Å²) < 4.78 is 30.0. The molecule has 0 rings (SSSR count). The molecule has 0 aromatic carbocycles. The van der Waals surface area contributed by atoms with E-state index in [9.17, 15) is 0 Å². The maximum Gasteiger partial charge on any atom is 0.312 e. The maximum atomic E-state index is 8.82. The molecule has 0 aliphatic heterocycles. The number of rotatable bonds is 18. The van der Waals surface area contributed by atoms with Gasteiger partial charge in [0.05, 0.1) is 13.2 Å². The number of hydrogen-bond donors (Lipinski definition) is 4. The van der Waals surface area contributed by atoms with Crippen LogP contribution in [0.25, 0.3) is 0 Å². The Morgan fingerprint density at radius 1 is 0.548 bits per heavy atom. The summed E-state index contributed by atoms with van der Waals surface area (Å²) in [6.07, 6.45) is -1.24. The molecule has 0 saturated carbocycles. The highest BCUT2D eigenvalue weighted by Gasteiger charge is 2.43. The highest BCUT2D eigenvalue weighted by Crippen LogP contribution is 2.27. The molecule has 13 heteroatoms. The lowest BCUT2D eigenvalue weighted by Gasteiger charge is -2.41. The van der Waals surface area contributed by atoms with Crippen molar-refractivity contribution >= 4 is 33.8 Å². The van der Waals surface area contributed by atoms with Crippen molar-refractivity contribution < 1.29 is 42.2 Å². The fourth-order valence-corrected chi connectivity index (χ4v) is 22.9. The lowest BCUT2D eigenvalue weighted by atomic mass is 10.5. The summed E-state index contributed by atoms with van der Waals surface area (Å²) in [5.41, 5.74) is 0. The van der Waals surface area contributed by atoms with Gasteiger partial charge in [-0.2, -0.15) is 0 Å². The molecule has 0 radical (unpaired) electrons. The molecule has 0 atom stereocenters. The standard InChI is InChI=1S/C18H46O9Si4/c1-28(2,13-9-11-23-15-17(19)20)25-30(5,6)27-31(7,8)26-29(3,4)14-10-12-24-16-18(21)22/h17-22H,9-16H2,1-8H3. The predicted octanol–water partition coefficient (Wildman–Crippen LogP) is 2.28. The SMILES string of the molecule is C[Si](C)(CCCOCC(O)O)O[Si](C)(C)O[Si](C)(C)O[Si](C)(C)CCCOCC(O)O. The topological polar surface area (TPSA) is 127 Å². The first-order valence-electron chi connectivity index (χ1n) is 10.9. The molecule has 0 bridgehead atoms. The first-order chi connectivity index (χ1) is 14.0. The fraction of sp³-hybridized carbons (Fsp3) is 1.00. The second-order valence-electron chi connectivity index (χ2n) is 9.94. The summed E-state index contributed by atoms with van der Waals surface area (Å²) in [6.45, 7) is 17.8. The molecule has 9 nitrogen and oxygen atoms in total. The fourth-order valence-electron chi connectivity index (χ4n) is 3.64. The quantitative estimate of drug-likeness (QED) is 0.123. The van der Waals surface area contributed by atoms with Crippen LogP contribution in [-0.4, -0.2) is 93.2 Å². The molecule has 0 aromatic rings. The third-order valence-electron chi connectivity index (χ3n) is 4.20. The Bertz CT molecular complexity index is 447. The van der Waals surface area contributed by atoms with Gasteiger partial charge >= 0.3 is 17.1 Å². The van der Waals surface area contributed by atoms with Crippen molar-refractivity contribution in [2.24, 2.45) is 0 Å².